The molecule has 0 saturated heterocycles. The van der Waals surface area contributed by atoms with Gasteiger partial charge in [-0.05, 0) is 36.2 Å². The maximum atomic E-state index is 6.08. The Morgan fingerprint density at radius 1 is 1.00 bits per heavy atom. The van der Waals surface area contributed by atoms with Gasteiger partial charge in [0.15, 0.2) is 0 Å². The van der Waals surface area contributed by atoms with Crippen molar-refractivity contribution in [3.63, 3.8) is 0 Å². The summed E-state index contributed by atoms with van der Waals surface area (Å²) in [6.45, 7) is 3.13. The standard InChI is InChI=1S/C16H17Cl2N/c1-2-3-9-19-16-11-14(18)7-8-15(16)12-5-4-6-13(17)10-12/h4-8,10-11,19H,2-3,9H2,1H3. The van der Waals surface area contributed by atoms with Crippen LogP contribution in [0.15, 0.2) is 42.5 Å². The van der Waals surface area contributed by atoms with Crippen LogP contribution in [0, 0.1) is 0 Å². The monoisotopic (exact) mass is 293 g/mol. The first-order valence-electron chi connectivity index (χ1n) is 6.50. The molecule has 3 heteroatoms. The van der Waals surface area contributed by atoms with Gasteiger partial charge in [-0.1, -0.05) is 54.7 Å². The predicted octanol–water partition coefficient (Wildman–Crippen LogP) is 5.87. The molecule has 0 spiro atoms. The van der Waals surface area contributed by atoms with Crippen molar-refractivity contribution in [2.24, 2.45) is 0 Å². The highest BCUT2D eigenvalue weighted by Crippen LogP contribution is 2.31. The first-order valence-corrected chi connectivity index (χ1v) is 7.25. The molecule has 1 nitrogen and oxygen atoms in total. The summed E-state index contributed by atoms with van der Waals surface area (Å²) in [7, 11) is 0. The van der Waals surface area contributed by atoms with Gasteiger partial charge in [-0.25, -0.2) is 0 Å². The van der Waals surface area contributed by atoms with Gasteiger partial charge in [-0.2, -0.15) is 0 Å². The largest absolute Gasteiger partial charge is 0.385 e. The van der Waals surface area contributed by atoms with Crippen molar-refractivity contribution in [3.8, 4) is 11.1 Å². The Kier molecular flexibility index (Phi) is 5.12. The minimum Gasteiger partial charge on any atom is -0.385 e. The normalized spacial score (nSPS) is 10.5. The fraction of sp³-hybridized carbons (Fsp3) is 0.250. The molecule has 0 aliphatic carbocycles. The summed E-state index contributed by atoms with van der Waals surface area (Å²) in [5.41, 5.74) is 3.29. The smallest absolute Gasteiger partial charge is 0.0434 e. The lowest BCUT2D eigenvalue weighted by molar-refractivity contribution is 0.834. The Hall–Kier alpha value is -1.18. The Labute approximate surface area is 124 Å². The summed E-state index contributed by atoms with van der Waals surface area (Å²) in [4.78, 5) is 0. The molecule has 0 aromatic heterocycles. The maximum absolute atomic E-state index is 6.08. The van der Waals surface area contributed by atoms with Crippen molar-refractivity contribution in [2.45, 2.75) is 19.8 Å². The van der Waals surface area contributed by atoms with Gasteiger partial charge >= 0.3 is 0 Å². The third kappa shape index (κ3) is 3.89. The molecule has 0 amide bonds. The fourth-order valence-corrected chi connectivity index (χ4v) is 2.33. The number of nitrogens with one attached hydrogen (secondary N) is 1. The van der Waals surface area contributed by atoms with Crippen LogP contribution in [0.3, 0.4) is 0 Å². The van der Waals surface area contributed by atoms with Crippen LogP contribution < -0.4 is 5.32 Å². The molecule has 0 atom stereocenters. The first-order chi connectivity index (χ1) is 9.20. The number of benzene rings is 2. The van der Waals surface area contributed by atoms with E-state index in [1.165, 1.54) is 6.42 Å². The summed E-state index contributed by atoms with van der Waals surface area (Å²) >= 11 is 12.1. The third-order valence-corrected chi connectivity index (χ3v) is 3.43. The summed E-state index contributed by atoms with van der Waals surface area (Å²) in [5.74, 6) is 0. The fourth-order valence-electron chi connectivity index (χ4n) is 1.97. The molecule has 2 aromatic rings. The second kappa shape index (κ2) is 6.83. The molecule has 0 unspecified atom stereocenters. The molecule has 0 saturated carbocycles. The predicted molar refractivity (Wildman–Crippen MR) is 85.3 cm³/mol. The van der Waals surface area contributed by atoms with Crippen molar-refractivity contribution < 1.29 is 0 Å². The van der Waals surface area contributed by atoms with E-state index in [1.54, 1.807) is 0 Å². The van der Waals surface area contributed by atoms with Crippen LogP contribution >= 0.6 is 23.2 Å². The number of anilines is 1. The second-order valence-corrected chi connectivity index (χ2v) is 5.35. The molecule has 0 heterocycles. The van der Waals surface area contributed by atoms with Crippen LogP contribution in [-0.4, -0.2) is 6.54 Å². The molecule has 1 N–H and O–H groups in total. The van der Waals surface area contributed by atoms with E-state index in [0.29, 0.717) is 0 Å². The molecule has 2 aromatic carbocycles. The van der Waals surface area contributed by atoms with Crippen molar-refractivity contribution in [1.29, 1.82) is 0 Å². The van der Waals surface area contributed by atoms with Crippen molar-refractivity contribution in [1.82, 2.24) is 0 Å². The Balaban J connectivity index is 2.33. The molecule has 0 aliphatic heterocycles. The highest BCUT2D eigenvalue weighted by Gasteiger charge is 2.06. The van der Waals surface area contributed by atoms with Crippen molar-refractivity contribution >= 4 is 28.9 Å². The number of hydrogen-bond acceptors (Lipinski definition) is 1. The highest BCUT2D eigenvalue weighted by molar-refractivity contribution is 6.31. The lowest BCUT2D eigenvalue weighted by Gasteiger charge is -2.13. The zero-order chi connectivity index (χ0) is 13.7. The molecular weight excluding hydrogens is 277 g/mol. The van der Waals surface area contributed by atoms with Crippen LogP contribution in [0.4, 0.5) is 5.69 Å². The van der Waals surface area contributed by atoms with E-state index < -0.39 is 0 Å². The third-order valence-electron chi connectivity index (χ3n) is 2.96. The number of unbranched alkanes of at least 4 members (excludes halogenated alkanes) is 1. The SMILES string of the molecule is CCCCNc1cc(Cl)ccc1-c1cccc(Cl)c1. The van der Waals surface area contributed by atoms with Crippen molar-refractivity contribution in [3.05, 3.63) is 52.5 Å². The molecule has 19 heavy (non-hydrogen) atoms. The lowest BCUT2D eigenvalue weighted by atomic mass is 10.0. The summed E-state index contributed by atoms with van der Waals surface area (Å²) in [6.07, 6.45) is 2.31. The maximum Gasteiger partial charge on any atom is 0.0434 e. The van der Waals surface area contributed by atoms with Gasteiger partial charge in [0.25, 0.3) is 0 Å². The molecule has 0 aliphatic rings. The lowest BCUT2D eigenvalue weighted by Crippen LogP contribution is -2.02. The van der Waals surface area contributed by atoms with Gasteiger partial charge in [-0.3, -0.25) is 0 Å². The quantitative estimate of drug-likeness (QED) is 0.680. The Bertz CT molecular complexity index is 552. The minimum absolute atomic E-state index is 0.741. The van der Waals surface area contributed by atoms with E-state index in [-0.39, 0.29) is 0 Å². The zero-order valence-electron chi connectivity index (χ0n) is 10.9. The van der Waals surface area contributed by atoms with Gasteiger partial charge in [0.05, 0.1) is 0 Å². The molecular formula is C16H17Cl2N. The van der Waals surface area contributed by atoms with Crippen LogP contribution in [0.1, 0.15) is 19.8 Å². The van der Waals surface area contributed by atoms with E-state index >= 15 is 0 Å². The van der Waals surface area contributed by atoms with Gasteiger partial charge in [-0.15, -0.1) is 0 Å². The van der Waals surface area contributed by atoms with Gasteiger partial charge in [0, 0.05) is 27.8 Å². The van der Waals surface area contributed by atoms with Crippen LogP contribution in [0.25, 0.3) is 11.1 Å². The van der Waals surface area contributed by atoms with Gasteiger partial charge in [0.1, 0.15) is 0 Å². The molecule has 0 bridgehead atoms. The zero-order valence-corrected chi connectivity index (χ0v) is 12.4. The van der Waals surface area contributed by atoms with E-state index in [4.69, 9.17) is 23.2 Å². The van der Waals surface area contributed by atoms with Crippen LogP contribution in [0.5, 0.6) is 0 Å². The van der Waals surface area contributed by atoms with E-state index in [9.17, 15) is 0 Å². The average Bonchev–Trinajstić information content (AvgIpc) is 2.39. The molecule has 100 valence electrons. The van der Waals surface area contributed by atoms with E-state index in [2.05, 4.69) is 18.3 Å². The van der Waals surface area contributed by atoms with Crippen LogP contribution in [-0.2, 0) is 0 Å². The Morgan fingerprint density at radius 3 is 2.53 bits per heavy atom. The first kappa shape index (κ1) is 14.2. The van der Waals surface area contributed by atoms with Crippen LogP contribution in [0.2, 0.25) is 10.0 Å². The topological polar surface area (TPSA) is 12.0 Å². The molecule has 0 radical (unpaired) electrons. The Morgan fingerprint density at radius 2 is 1.79 bits per heavy atom. The minimum atomic E-state index is 0.741. The van der Waals surface area contributed by atoms with E-state index in [0.717, 1.165) is 39.8 Å². The number of halogens is 2. The highest BCUT2D eigenvalue weighted by atomic mass is 35.5. The number of hydrogen-bond donors (Lipinski definition) is 1. The molecule has 0 fully saturated rings. The summed E-state index contributed by atoms with van der Waals surface area (Å²) < 4.78 is 0. The van der Waals surface area contributed by atoms with Gasteiger partial charge in [0.2, 0.25) is 0 Å². The van der Waals surface area contributed by atoms with E-state index in [1.807, 2.05) is 36.4 Å². The average molecular weight is 294 g/mol. The second-order valence-electron chi connectivity index (χ2n) is 4.48. The van der Waals surface area contributed by atoms with Gasteiger partial charge < -0.3 is 5.32 Å². The molecule has 2 rings (SSSR count). The van der Waals surface area contributed by atoms with Crippen molar-refractivity contribution in [2.75, 3.05) is 11.9 Å². The summed E-state index contributed by atoms with van der Waals surface area (Å²) in [6, 6.07) is 13.8. The number of rotatable bonds is 5. The summed E-state index contributed by atoms with van der Waals surface area (Å²) in [5, 5.41) is 4.93.